The van der Waals surface area contributed by atoms with E-state index in [1.54, 1.807) is 14.0 Å². The number of rotatable bonds is 2. The fraction of sp³-hybridized carbons (Fsp3) is 0.857. The van der Waals surface area contributed by atoms with Crippen molar-refractivity contribution in [2.45, 2.75) is 70.9 Å². The van der Waals surface area contributed by atoms with Crippen molar-refractivity contribution in [2.24, 2.45) is 0 Å². The fourth-order valence-electron chi connectivity index (χ4n) is 2.57. The van der Waals surface area contributed by atoms with Crippen molar-refractivity contribution in [3.8, 4) is 0 Å². The van der Waals surface area contributed by atoms with Crippen LogP contribution in [0.1, 0.15) is 59.8 Å². The second-order valence-corrected chi connectivity index (χ2v) is 6.19. The van der Waals surface area contributed by atoms with Crippen molar-refractivity contribution in [3.63, 3.8) is 0 Å². The summed E-state index contributed by atoms with van der Waals surface area (Å²) in [4.78, 5) is 25.6. The van der Waals surface area contributed by atoms with Gasteiger partial charge in [0, 0.05) is 7.05 Å². The molecule has 1 aliphatic rings. The number of hydrogen-bond acceptors (Lipinski definition) is 3. The van der Waals surface area contributed by atoms with Crippen LogP contribution in [0.3, 0.4) is 0 Å². The standard InChI is InChI=1S/C14H25NO3/c1-11(16)14(9-7-6-8-10-14)15(5)12(17)18-13(2,3)4/h6-10H2,1-5H3. The van der Waals surface area contributed by atoms with Gasteiger partial charge in [0.2, 0.25) is 0 Å². The van der Waals surface area contributed by atoms with Crippen molar-refractivity contribution in [1.82, 2.24) is 4.90 Å². The first-order chi connectivity index (χ1) is 8.19. The van der Waals surface area contributed by atoms with Crippen LogP contribution in [0.15, 0.2) is 0 Å². The molecule has 1 rings (SSSR count). The molecule has 0 aromatic rings. The highest BCUT2D eigenvalue weighted by Crippen LogP contribution is 2.34. The molecule has 0 radical (unpaired) electrons. The summed E-state index contributed by atoms with van der Waals surface area (Å²) in [5.41, 5.74) is -1.18. The average Bonchev–Trinajstić information content (AvgIpc) is 2.26. The summed E-state index contributed by atoms with van der Waals surface area (Å²) in [5.74, 6) is 0.0653. The van der Waals surface area contributed by atoms with Crippen molar-refractivity contribution >= 4 is 11.9 Å². The van der Waals surface area contributed by atoms with Crippen molar-refractivity contribution in [1.29, 1.82) is 0 Å². The number of hydrogen-bond donors (Lipinski definition) is 0. The number of likely N-dealkylation sites (N-methyl/N-ethyl adjacent to an activating group) is 1. The Bertz CT molecular complexity index is 324. The zero-order valence-electron chi connectivity index (χ0n) is 12.2. The van der Waals surface area contributed by atoms with Gasteiger partial charge in [-0.15, -0.1) is 0 Å². The van der Waals surface area contributed by atoms with Crippen LogP contribution in [0.2, 0.25) is 0 Å². The first kappa shape index (κ1) is 15.0. The topological polar surface area (TPSA) is 46.6 Å². The van der Waals surface area contributed by atoms with E-state index in [0.717, 1.165) is 32.1 Å². The van der Waals surface area contributed by atoms with Crippen molar-refractivity contribution in [3.05, 3.63) is 0 Å². The molecule has 0 aromatic heterocycles. The molecule has 1 saturated carbocycles. The molecule has 0 bridgehead atoms. The maximum absolute atomic E-state index is 12.1. The Kier molecular flexibility index (Phi) is 4.41. The minimum atomic E-state index is -0.652. The summed E-state index contributed by atoms with van der Waals surface area (Å²) < 4.78 is 5.36. The third-order valence-electron chi connectivity index (χ3n) is 3.65. The number of amides is 1. The van der Waals surface area contributed by atoms with E-state index in [1.165, 1.54) is 4.90 Å². The van der Waals surface area contributed by atoms with Crippen molar-refractivity contribution < 1.29 is 14.3 Å². The molecule has 1 fully saturated rings. The zero-order valence-corrected chi connectivity index (χ0v) is 12.2. The Hall–Kier alpha value is -1.06. The normalized spacial score (nSPS) is 19.2. The monoisotopic (exact) mass is 255 g/mol. The van der Waals surface area contributed by atoms with Crippen LogP contribution in [0.25, 0.3) is 0 Å². The maximum atomic E-state index is 12.1. The van der Waals surface area contributed by atoms with Gasteiger partial charge in [-0.2, -0.15) is 0 Å². The fourth-order valence-corrected chi connectivity index (χ4v) is 2.57. The number of carbonyl (C=O) groups excluding carboxylic acids is 2. The average molecular weight is 255 g/mol. The molecule has 104 valence electrons. The van der Waals surface area contributed by atoms with E-state index >= 15 is 0 Å². The molecule has 0 spiro atoms. The van der Waals surface area contributed by atoms with Crippen molar-refractivity contribution in [2.75, 3.05) is 7.05 Å². The molecule has 0 heterocycles. The van der Waals surface area contributed by atoms with Gasteiger partial charge < -0.3 is 4.74 Å². The van der Waals surface area contributed by atoms with Crippen LogP contribution in [0.5, 0.6) is 0 Å². The second kappa shape index (κ2) is 5.29. The lowest BCUT2D eigenvalue weighted by Crippen LogP contribution is -2.56. The number of ether oxygens (including phenoxy) is 1. The minimum absolute atomic E-state index is 0.0653. The lowest BCUT2D eigenvalue weighted by molar-refractivity contribution is -0.130. The Morgan fingerprint density at radius 1 is 1.11 bits per heavy atom. The van der Waals surface area contributed by atoms with Crippen LogP contribution >= 0.6 is 0 Å². The molecule has 0 aliphatic heterocycles. The molecule has 0 saturated heterocycles. The summed E-state index contributed by atoms with van der Waals surface area (Å²) in [5, 5.41) is 0. The van der Waals surface area contributed by atoms with Gasteiger partial charge in [-0.3, -0.25) is 9.69 Å². The van der Waals surface area contributed by atoms with E-state index in [0.29, 0.717) is 0 Å². The third kappa shape index (κ3) is 3.24. The van der Waals surface area contributed by atoms with Gasteiger partial charge in [-0.1, -0.05) is 19.3 Å². The van der Waals surface area contributed by atoms with Crippen LogP contribution in [-0.2, 0) is 9.53 Å². The molecular weight excluding hydrogens is 230 g/mol. The maximum Gasteiger partial charge on any atom is 0.410 e. The SMILES string of the molecule is CC(=O)C1(N(C)C(=O)OC(C)(C)C)CCCCC1. The van der Waals surface area contributed by atoms with Crippen LogP contribution < -0.4 is 0 Å². The highest BCUT2D eigenvalue weighted by molar-refractivity contribution is 5.89. The number of carbonyl (C=O) groups is 2. The Morgan fingerprint density at radius 3 is 2.00 bits per heavy atom. The highest BCUT2D eigenvalue weighted by Gasteiger charge is 2.44. The van der Waals surface area contributed by atoms with Crippen LogP contribution in [0.4, 0.5) is 4.79 Å². The lowest BCUT2D eigenvalue weighted by atomic mass is 9.78. The summed E-state index contributed by atoms with van der Waals surface area (Å²) in [6, 6.07) is 0. The third-order valence-corrected chi connectivity index (χ3v) is 3.65. The minimum Gasteiger partial charge on any atom is -0.444 e. The molecule has 0 unspecified atom stereocenters. The van der Waals surface area contributed by atoms with Gasteiger partial charge in [-0.25, -0.2) is 4.79 Å². The second-order valence-electron chi connectivity index (χ2n) is 6.19. The van der Waals surface area contributed by atoms with E-state index in [-0.39, 0.29) is 5.78 Å². The summed E-state index contributed by atoms with van der Waals surface area (Å²) in [7, 11) is 1.68. The number of nitrogens with zero attached hydrogens (tertiary/aromatic N) is 1. The van der Waals surface area contributed by atoms with Gasteiger partial charge in [0.15, 0.2) is 5.78 Å². The Labute approximate surface area is 110 Å². The first-order valence-electron chi connectivity index (χ1n) is 6.67. The predicted octanol–water partition coefficient (Wildman–Crippen LogP) is 3.15. The largest absolute Gasteiger partial charge is 0.444 e. The molecule has 0 N–H and O–H groups in total. The van der Waals surface area contributed by atoms with Gasteiger partial charge in [0.05, 0.1) is 0 Å². The van der Waals surface area contributed by atoms with E-state index in [1.807, 2.05) is 20.8 Å². The number of Topliss-reactive ketones (excluding diaryl/α,β-unsaturated/α-hetero) is 1. The number of ketones is 1. The Morgan fingerprint density at radius 2 is 1.61 bits per heavy atom. The molecular formula is C14H25NO3. The van der Waals surface area contributed by atoms with Gasteiger partial charge in [0.25, 0.3) is 0 Å². The van der Waals surface area contributed by atoms with Crippen LogP contribution in [-0.4, -0.2) is 35.0 Å². The Balaban J connectivity index is 2.86. The molecule has 1 aliphatic carbocycles. The van der Waals surface area contributed by atoms with Gasteiger partial charge in [-0.05, 0) is 40.5 Å². The summed E-state index contributed by atoms with van der Waals surface area (Å²) in [6.07, 6.45) is 4.21. The molecule has 0 aromatic carbocycles. The molecule has 4 nitrogen and oxygen atoms in total. The van der Waals surface area contributed by atoms with Gasteiger partial charge in [0.1, 0.15) is 11.1 Å². The molecule has 18 heavy (non-hydrogen) atoms. The lowest BCUT2D eigenvalue weighted by Gasteiger charge is -2.42. The summed E-state index contributed by atoms with van der Waals surface area (Å²) >= 11 is 0. The van der Waals surface area contributed by atoms with E-state index in [9.17, 15) is 9.59 Å². The van der Waals surface area contributed by atoms with E-state index in [2.05, 4.69) is 0 Å². The van der Waals surface area contributed by atoms with Crippen LogP contribution in [0, 0.1) is 0 Å². The summed E-state index contributed by atoms with van der Waals surface area (Å²) in [6.45, 7) is 7.08. The molecule has 0 atom stereocenters. The molecule has 4 heteroatoms. The zero-order chi connectivity index (χ0) is 14.0. The van der Waals surface area contributed by atoms with E-state index in [4.69, 9.17) is 4.74 Å². The predicted molar refractivity (Wildman–Crippen MR) is 70.5 cm³/mol. The van der Waals surface area contributed by atoms with Gasteiger partial charge >= 0.3 is 6.09 Å². The quantitative estimate of drug-likeness (QED) is 0.761. The van der Waals surface area contributed by atoms with E-state index < -0.39 is 17.2 Å². The first-order valence-corrected chi connectivity index (χ1v) is 6.67. The molecule has 1 amide bonds. The highest BCUT2D eigenvalue weighted by atomic mass is 16.6. The smallest absolute Gasteiger partial charge is 0.410 e.